The van der Waals surface area contributed by atoms with Gasteiger partial charge in [0.15, 0.2) is 11.5 Å². The fourth-order valence-corrected chi connectivity index (χ4v) is 3.31. The number of aryl methyl sites for hydroxylation is 1. The molecule has 124 valence electrons. The molecular weight excluding hydrogens is 302 g/mol. The van der Waals surface area contributed by atoms with Gasteiger partial charge in [0.05, 0.1) is 19.0 Å². The second-order valence-corrected chi connectivity index (χ2v) is 6.08. The molecule has 3 aromatic rings. The highest BCUT2D eigenvalue weighted by Gasteiger charge is 2.28. The molecule has 0 aliphatic carbocycles. The minimum Gasteiger partial charge on any atom is -0.381 e. The lowest BCUT2D eigenvalue weighted by Crippen LogP contribution is -2.22. The molecule has 2 aromatic heterocycles. The van der Waals surface area contributed by atoms with Crippen LogP contribution in [0.4, 0.5) is 5.82 Å². The molecule has 1 aliphatic heterocycles. The van der Waals surface area contributed by atoms with Crippen molar-refractivity contribution in [2.24, 2.45) is 5.92 Å². The fourth-order valence-electron chi connectivity index (χ4n) is 3.31. The topological polar surface area (TPSA) is 64.9 Å². The van der Waals surface area contributed by atoms with E-state index in [0.29, 0.717) is 5.92 Å². The Hall–Kier alpha value is -2.47. The summed E-state index contributed by atoms with van der Waals surface area (Å²) in [6.07, 6.45) is 4.47. The van der Waals surface area contributed by atoms with Crippen LogP contribution in [0.3, 0.4) is 0 Å². The minimum atomic E-state index is 0.151. The van der Waals surface area contributed by atoms with Gasteiger partial charge < -0.3 is 14.6 Å². The van der Waals surface area contributed by atoms with Gasteiger partial charge >= 0.3 is 0 Å². The van der Waals surface area contributed by atoms with E-state index in [2.05, 4.69) is 51.5 Å². The highest BCUT2D eigenvalue weighted by atomic mass is 16.5. The maximum atomic E-state index is 5.61. The molecule has 6 heteroatoms. The van der Waals surface area contributed by atoms with E-state index in [9.17, 15) is 0 Å². The summed E-state index contributed by atoms with van der Waals surface area (Å²) >= 11 is 0. The van der Waals surface area contributed by atoms with E-state index in [0.717, 1.165) is 43.2 Å². The van der Waals surface area contributed by atoms with Crippen LogP contribution in [0.25, 0.3) is 11.2 Å². The monoisotopic (exact) mass is 323 g/mol. The van der Waals surface area contributed by atoms with Crippen molar-refractivity contribution in [3.8, 4) is 0 Å². The van der Waals surface area contributed by atoms with E-state index >= 15 is 0 Å². The lowest BCUT2D eigenvalue weighted by Gasteiger charge is -2.24. The molecule has 0 unspecified atom stereocenters. The van der Waals surface area contributed by atoms with E-state index < -0.39 is 0 Å². The second-order valence-electron chi connectivity index (χ2n) is 6.08. The number of nitrogens with zero attached hydrogens (tertiary/aromatic N) is 4. The molecule has 0 amide bonds. The molecule has 0 saturated carbocycles. The van der Waals surface area contributed by atoms with E-state index in [1.54, 1.807) is 6.33 Å². The Balaban J connectivity index is 1.71. The first-order chi connectivity index (χ1) is 11.9. The molecule has 4 rings (SSSR count). The number of benzene rings is 1. The number of ether oxygens (including phenoxy) is 1. The lowest BCUT2D eigenvalue weighted by atomic mass is 9.92. The molecular formula is C18H21N5O. The van der Waals surface area contributed by atoms with Crippen LogP contribution < -0.4 is 5.32 Å². The normalized spacial score (nSPS) is 18.8. The first-order valence-electron chi connectivity index (χ1n) is 8.42. The molecule has 1 aromatic carbocycles. The van der Waals surface area contributed by atoms with Crippen molar-refractivity contribution in [2.75, 3.05) is 18.5 Å². The van der Waals surface area contributed by atoms with E-state index in [4.69, 9.17) is 4.74 Å². The van der Waals surface area contributed by atoms with Crippen LogP contribution in [0.2, 0.25) is 0 Å². The Morgan fingerprint density at radius 2 is 2.12 bits per heavy atom. The van der Waals surface area contributed by atoms with Gasteiger partial charge in [0.25, 0.3) is 0 Å². The zero-order valence-corrected chi connectivity index (χ0v) is 13.7. The quantitative estimate of drug-likeness (QED) is 0.782. The number of rotatable bonds is 5. The molecule has 24 heavy (non-hydrogen) atoms. The van der Waals surface area contributed by atoms with Crippen molar-refractivity contribution in [3.05, 3.63) is 48.5 Å². The van der Waals surface area contributed by atoms with Crippen molar-refractivity contribution >= 4 is 17.0 Å². The zero-order chi connectivity index (χ0) is 16.4. The third-order valence-electron chi connectivity index (χ3n) is 4.63. The van der Waals surface area contributed by atoms with Crippen LogP contribution in [-0.4, -0.2) is 32.7 Å². The third-order valence-corrected chi connectivity index (χ3v) is 4.63. The summed E-state index contributed by atoms with van der Waals surface area (Å²) in [4.78, 5) is 13.3. The number of fused-ring (bicyclic) bond motifs is 1. The van der Waals surface area contributed by atoms with E-state index in [1.165, 1.54) is 5.56 Å². The number of nitrogens with one attached hydrogen (secondary N) is 1. The molecule has 3 heterocycles. The molecule has 1 fully saturated rings. The van der Waals surface area contributed by atoms with Gasteiger partial charge in [-0.2, -0.15) is 0 Å². The fraction of sp³-hybridized carbons (Fsp3) is 0.389. The van der Waals surface area contributed by atoms with Crippen molar-refractivity contribution < 1.29 is 4.74 Å². The summed E-state index contributed by atoms with van der Waals surface area (Å²) in [5.41, 5.74) is 2.93. The molecule has 6 nitrogen and oxygen atoms in total. The Labute approximate surface area is 140 Å². The highest BCUT2D eigenvalue weighted by Crippen LogP contribution is 2.32. The number of imidazole rings is 1. The first-order valence-corrected chi connectivity index (χ1v) is 8.42. The van der Waals surface area contributed by atoms with Crippen molar-refractivity contribution in [1.82, 2.24) is 19.5 Å². The first kappa shape index (κ1) is 15.1. The Morgan fingerprint density at radius 3 is 2.88 bits per heavy atom. The van der Waals surface area contributed by atoms with Crippen molar-refractivity contribution in [3.63, 3.8) is 0 Å². The van der Waals surface area contributed by atoms with Gasteiger partial charge in [0.2, 0.25) is 0 Å². The summed E-state index contributed by atoms with van der Waals surface area (Å²) in [6, 6.07) is 10.6. The van der Waals surface area contributed by atoms with Gasteiger partial charge in [-0.05, 0) is 18.9 Å². The van der Waals surface area contributed by atoms with E-state index in [-0.39, 0.29) is 6.04 Å². The standard InChI is InChI=1S/C18H21N5O/c1-2-23-12-21-16-17(19-11-20-18(16)23)22-15(14-8-9-24-10-14)13-6-4-3-5-7-13/h3-7,11-12,14-15H,2,8-10H2,1H3,(H,19,20,22)/t14-,15+/m0/s1. The zero-order valence-electron chi connectivity index (χ0n) is 13.7. The van der Waals surface area contributed by atoms with Gasteiger partial charge in [-0.1, -0.05) is 30.3 Å². The highest BCUT2D eigenvalue weighted by molar-refractivity contribution is 5.82. The molecule has 0 bridgehead atoms. The van der Waals surface area contributed by atoms with Crippen LogP contribution >= 0.6 is 0 Å². The molecule has 1 saturated heterocycles. The molecule has 0 spiro atoms. The van der Waals surface area contributed by atoms with Gasteiger partial charge in [0.1, 0.15) is 11.8 Å². The Kier molecular flexibility index (Phi) is 4.13. The molecule has 1 N–H and O–H groups in total. The smallest absolute Gasteiger partial charge is 0.165 e. The number of aromatic nitrogens is 4. The average molecular weight is 323 g/mol. The molecule has 0 radical (unpaired) electrons. The van der Waals surface area contributed by atoms with Gasteiger partial charge in [0, 0.05) is 19.1 Å². The maximum Gasteiger partial charge on any atom is 0.165 e. The maximum absolute atomic E-state index is 5.61. The minimum absolute atomic E-state index is 0.151. The van der Waals surface area contributed by atoms with Gasteiger partial charge in [-0.25, -0.2) is 15.0 Å². The number of hydrogen-bond acceptors (Lipinski definition) is 5. The van der Waals surface area contributed by atoms with Crippen LogP contribution in [0.15, 0.2) is 43.0 Å². The third kappa shape index (κ3) is 2.73. The summed E-state index contributed by atoms with van der Waals surface area (Å²) < 4.78 is 7.64. The van der Waals surface area contributed by atoms with Crippen LogP contribution in [0.5, 0.6) is 0 Å². The average Bonchev–Trinajstić information content (AvgIpc) is 3.30. The molecule has 1 aliphatic rings. The van der Waals surface area contributed by atoms with Gasteiger partial charge in [-0.3, -0.25) is 0 Å². The number of anilines is 1. The summed E-state index contributed by atoms with van der Waals surface area (Å²) in [7, 11) is 0. The predicted octanol–water partition coefficient (Wildman–Crippen LogP) is 3.04. The summed E-state index contributed by atoms with van der Waals surface area (Å²) in [5.74, 6) is 1.21. The summed E-state index contributed by atoms with van der Waals surface area (Å²) in [5, 5.41) is 3.61. The van der Waals surface area contributed by atoms with Crippen molar-refractivity contribution in [2.45, 2.75) is 25.9 Å². The van der Waals surface area contributed by atoms with Crippen molar-refractivity contribution in [1.29, 1.82) is 0 Å². The number of hydrogen-bond donors (Lipinski definition) is 1. The van der Waals surface area contributed by atoms with E-state index in [1.807, 2.05) is 17.0 Å². The van der Waals surface area contributed by atoms with Gasteiger partial charge in [-0.15, -0.1) is 0 Å². The largest absolute Gasteiger partial charge is 0.381 e. The van der Waals surface area contributed by atoms with Crippen LogP contribution in [0.1, 0.15) is 24.9 Å². The van der Waals surface area contributed by atoms with Crippen LogP contribution in [0, 0.1) is 5.92 Å². The second kappa shape index (κ2) is 6.57. The lowest BCUT2D eigenvalue weighted by molar-refractivity contribution is 0.182. The Bertz CT molecular complexity index is 811. The summed E-state index contributed by atoms with van der Waals surface area (Å²) in [6.45, 7) is 4.51. The SMILES string of the molecule is CCn1cnc2c(N[C@H](c3ccccc3)[C@H]3CCOC3)ncnc21. The predicted molar refractivity (Wildman–Crippen MR) is 92.7 cm³/mol. The molecule has 2 atom stereocenters. The Morgan fingerprint density at radius 1 is 1.25 bits per heavy atom. The van der Waals surface area contributed by atoms with Crippen LogP contribution in [-0.2, 0) is 11.3 Å².